The Morgan fingerprint density at radius 2 is 2.08 bits per heavy atom. The number of carbonyl (C=O) groups is 2. The number of nitrogens with zero attached hydrogens (tertiary/aromatic N) is 3. The van der Waals surface area contributed by atoms with Gasteiger partial charge in [-0.3, -0.25) is 14.9 Å². The van der Waals surface area contributed by atoms with Crippen LogP contribution >= 0.6 is 22.9 Å². The van der Waals surface area contributed by atoms with E-state index in [-0.39, 0.29) is 32.9 Å². The number of rotatable bonds is 6. The Bertz CT molecular complexity index is 1330. The van der Waals surface area contributed by atoms with Crippen LogP contribution in [0.15, 0.2) is 35.8 Å². The summed E-state index contributed by atoms with van der Waals surface area (Å²) in [6.45, 7) is 2.79. The number of hydrogen-bond acceptors (Lipinski definition) is 6. The molecule has 0 spiro atoms. The third-order valence-electron chi connectivity index (χ3n) is 6.24. The topological polar surface area (TPSA) is 95.4 Å². The number of halogens is 5. The third-order valence-corrected chi connectivity index (χ3v) is 7.28. The second-order valence-electron chi connectivity index (χ2n) is 8.66. The van der Waals surface area contributed by atoms with Crippen LogP contribution in [0.5, 0.6) is 0 Å². The molecule has 37 heavy (non-hydrogen) atoms. The van der Waals surface area contributed by atoms with Gasteiger partial charge in [0.15, 0.2) is 5.13 Å². The fourth-order valence-electron chi connectivity index (χ4n) is 4.17. The van der Waals surface area contributed by atoms with Gasteiger partial charge in [-0.15, -0.1) is 11.3 Å². The largest absolute Gasteiger partial charge is 0.481 e. The van der Waals surface area contributed by atoms with Gasteiger partial charge in [0.05, 0.1) is 27.8 Å². The number of benzene rings is 1. The number of aromatic nitrogens is 2. The number of thiazole rings is 1. The Kier molecular flexibility index (Phi) is 7.69. The van der Waals surface area contributed by atoms with Crippen molar-refractivity contribution in [2.75, 3.05) is 23.3 Å². The molecule has 0 radical (unpaired) electrons. The number of hydrogen-bond donors (Lipinski definition) is 2. The van der Waals surface area contributed by atoms with Crippen LogP contribution in [0.1, 0.15) is 35.7 Å². The zero-order valence-electron chi connectivity index (χ0n) is 19.4. The van der Waals surface area contributed by atoms with Crippen molar-refractivity contribution in [3.63, 3.8) is 0 Å². The maximum Gasteiger partial charge on any atom is 0.419 e. The van der Waals surface area contributed by atoms with Crippen molar-refractivity contribution < 1.29 is 32.3 Å². The minimum absolute atomic E-state index is 0.0503. The molecule has 2 unspecified atom stereocenters. The number of carboxylic acids is 1. The Morgan fingerprint density at radius 1 is 1.32 bits per heavy atom. The van der Waals surface area contributed by atoms with Crippen LogP contribution in [0, 0.1) is 17.7 Å². The Hall–Kier alpha value is -3.25. The van der Waals surface area contributed by atoms with Gasteiger partial charge in [-0.25, -0.2) is 14.4 Å². The van der Waals surface area contributed by atoms with Gasteiger partial charge < -0.3 is 10.0 Å². The summed E-state index contributed by atoms with van der Waals surface area (Å²) < 4.78 is 53.5. The fraction of sp³-hybridized carbons (Fsp3) is 0.333. The van der Waals surface area contributed by atoms with Gasteiger partial charge in [-0.05, 0) is 37.0 Å². The summed E-state index contributed by atoms with van der Waals surface area (Å²) in [7, 11) is 0. The molecule has 1 fully saturated rings. The highest BCUT2D eigenvalue weighted by Gasteiger charge is 2.35. The zero-order valence-corrected chi connectivity index (χ0v) is 20.9. The molecule has 2 atom stereocenters. The van der Waals surface area contributed by atoms with Crippen LogP contribution in [0.4, 0.5) is 28.5 Å². The van der Waals surface area contributed by atoms with Gasteiger partial charge in [0.25, 0.3) is 5.91 Å². The standard InChI is InChI=1S/C24H21ClF4N4O3S/c1-12(22(35)36)13-4-3-7-33(10-13)20-17(25)8-14(9-30-20)21(34)32-23-31-18(11-37-23)15-5-2-6-16(19(15)26)24(27,28)29/h2,5-6,8-9,11-13H,3-4,7,10H2,1H3,(H,35,36)(H,31,32,34). The molecule has 0 saturated carbocycles. The van der Waals surface area contributed by atoms with E-state index >= 15 is 0 Å². The van der Waals surface area contributed by atoms with Crippen molar-refractivity contribution in [2.24, 2.45) is 11.8 Å². The monoisotopic (exact) mass is 556 g/mol. The number of nitrogens with one attached hydrogen (secondary N) is 1. The first-order valence-electron chi connectivity index (χ1n) is 11.2. The molecule has 3 heterocycles. The van der Waals surface area contributed by atoms with Crippen molar-refractivity contribution in [3.05, 3.63) is 57.8 Å². The lowest BCUT2D eigenvalue weighted by atomic mass is 9.86. The lowest BCUT2D eigenvalue weighted by Gasteiger charge is -2.35. The molecule has 0 bridgehead atoms. The average molecular weight is 557 g/mol. The molecular weight excluding hydrogens is 536 g/mol. The fourth-order valence-corrected chi connectivity index (χ4v) is 5.16. The minimum Gasteiger partial charge on any atom is -0.481 e. The summed E-state index contributed by atoms with van der Waals surface area (Å²) in [6, 6.07) is 4.33. The molecule has 2 N–H and O–H groups in total. The average Bonchev–Trinajstić information content (AvgIpc) is 3.31. The van der Waals surface area contributed by atoms with Crippen LogP contribution < -0.4 is 10.2 Å². The van der Waals surface area contributed by atoms with Gasteiger partial charge in [0.2, 0.25) is 0 Å². The Morgan fingerprint density at radius 3 is 2.76 bits per heavy atom. The van der Waals surface area contributed by atoms with E-state index in [1.54, 1.807) is 6.92 Å². The van der Waals surface area contributed by atoms with Crippen molar-refractivity contribution in [1.29, 1.82) is 0 Å². The highest BCUT2D eigenvalue weighted by Crippen LogP contribution is 2.36. The van der Waals surface area contributed by atoms with E-state index in [0.29, 0.717) is 25.0 Å². The van der Waals surface area contributed by atoms with Gasteiger partial charge >= 0.3 is 12.1 Å². The first-order chi connectivity index (χ1) is 17.5. The second kappa shape index (κ2) is 10.6. The highest BCUT2D eigenvalue weighted by atomic mass is 35.5. The van der Waals surface area contributed by atoms with E-state index in [1.807, 2.05) is 4.90 Å². The van der Waals surface area contributed by atoms with Crippen molar-refractivity contribution in [3.8, 4) is 11.3 Å². The molecular formula is C24H21ClF4N4O3S. The Balaban J connectivity index is 1.47. The van der Waals surface area contributed by atoms with E-state index in [1.165, 1.54) is 23.7 Å². The smallest absolute Gasteiger partial charge is 0.419 e. The van der Waals surface area contributed by atoms with Gasteiger partial charge in [-0.2, -0.15) is 13.2 Å². The maximum absolute atomic E-state index is 14.4. The summed E-state index contributed by atoms with van der Waals surface area (Å²) in [5.74, 6) is -3.05. The summed E-state index contributed by atoms with van der Waals surface area (Å²) in [5, 5.41) is 13.4. The normalized spacial score (nSPS) is 16.9. The molecule has 3 aromatic rings. The van der Waals surface area contributed by atoms with Gasteiger partial charge in [0, 0.05) is 30.2 Å². The van der Waals surface area contributed by atoms with E-state index < -0.39 is 35.4 Å². The molecule has 1 amide bonds. The first-order valence-corrected chi connectivity index (χ1v) is 12.5. The minimum atomic E-state index is -4.85. The van der Waals surface area contributed by atoms with Gasteiger partial charge in [0.1, 0.15) is 11.6 Å². The quantitative estimate of drug-likeness (QED) is 0.351. The van der Waals surface area contributed by atoms with Crippen LogP contribution in [-0.4, -0.2) is 40.0 Å². The summed E-state index contributed by atoms with van der Waals surface area (Å²) in [6.07, 6.45) is -1.97. The van der Waals surface area contributed by atoms with E-state index in [9.17, 15) is 32.3 Å². The van der Waals surface area contributed by atoms with Crippen LogP contribution in [-0.2, 0) is 11.0 Å². The molecule has 4 rings (SSSR count). The molecule has 196 valence electrons. The summed E-state index contributed by atoms with van der Waals surface area (Å²) in [5.41, 5.74) is -1.67. The molecule has 0 aliphatic carbocycles. The molecule has 1 aromatic carbocycles. The third kappa shape index (κ3) is 5.85. The van der Waals surface area contributed by atoms with Crippen LogP contribution in [0.2, 0.25) is 5.02 Å². The molecule has 1 aliphatic rings. The van der Waals surface area contributed by atoms with Crippen LogP contribution in [0.25, 0.3) is 11.3 Å². The summed E-state index contributed by atoms with van der Waals surface area (Å²) >= 11 is 7.33. The number of anilines is 2. The van der Waals surface area contributed by atoms with E-state index in [0.717, 1.165) is 30.2 Å². The predicted octanol–water partition coefficient (Wildman–Crippen LogP) is 6.21. The second-order valence-corrected chi connectivity index (χ2v) is 9.93. The molecule has 7 nitrogen and oxygen atoms in total. The lowest BCUT2D eigenvalue weighted by Crippen LogP contribution is -2.40. The number of pyridine rings is 1. The number of piperidine rings is 1. The van der Waals surface area contributed by atoms with Crippen molar-refractivity contribution in [1.82, 2.24) is 9.97 Å². The predicted molar refractivity (Wildman–Crippen MR) is 131 cm³/mol. The number of amides is 1. The van der Waals surface area contributed by atoms with E-state index in [4.69, 9.17) is 11.6 Å². The van der Waals surface area contributed by atoms with Crippen LogP contribution in [0.3, 0.4) is 0 Å². The zero-order chi connectivity index (χ0) is 26.9. The lowest BCUT2D eigenvalue weighted by molar-refractivity contribution is -0.143. The summed E-state index contributed by atoms with van der Waals surface area (Å²) in [4.78, 5) is 34.3. The number of carboxylic acid groups (broad SMARTS) is 1. The van der Waals surface area contributed by atoms with Crippen molar-refractivity contribution in [2.45, 2.75) is 25.9 Å². The van der Waals surface area contributed by atoms with E-state index in [2.05, 4.69) is 15.3 Å². The number of aliphatic carboxylic acids is 1. The highest BCUT2D eigenvalue weighted by molar-refractivity contribution is 7.14. The maximum atomic E-state index is 14.4. The SMILES string of the molecule is CC(C(=O)O)C1CCCN(c2ncc(C(=O)Nc3nc(-c4cccc(C(F)(F)F)c4F)cs3)cc2Cl)C1. The molecule has 2 aromatic heterocycles. The van der Waals surface area contributed by atoms with Gasteiger partial charge in [-0.1, -0.05) is 24.6 Å². The molecule has 1 saturated heterocycles. The number of carbonyl (C=O) groups excluding carboxylic acids is 1. The first kappa shape index (κ1) is 26.8. The van der Waals surface area contributed by atoms with Crippen molar-refractivity contribution >= 4 is 45.8 Å². The number of alkyl halides is 3. The Labute approximate surface area is 218 Å². The molecule has 13 heteroatoms. The molecule has 1 aliphatic heterocycles.